The van der Waals surface area contributed by atoms with Gasteiger partial charge in [0.05, 0.1) is 74.6 Å². The summed E-state index contributed by atoms with van der Waals surface area (Å²) in [6, 6.07) is 6.90. The highest BCUT2D eigenvalue weighted by molar-refractivity contribution is 6.18. The van der Waals surface area contributed by atoms with Crippen LogP contribution in [-0.2, 0) is 0 Å². The Hall–Kier alpha value is -7.62. The molecule has 3 heterocycles. The molecule has 0 amide bonds. The summed E-state index contributed by atoms with van der Waals surface area (Å²) in [5, 5.41) is -2.41. The lowest BCUT2D eigenvalue weighted by Crippen LogP contribution is -2.01. The molecule has 0 fully saturated rings. The van der Waals surface area contributed by atoms with Gasteiger partial charge in [0.1, 0.15) is 0 Å². The molecule has 3 nitrogen and oxygen atoms in total. The molecular formula is C54H35N3. The van der Waals surface area contributed by atoms with Crippen LogP contribution in [0, 0.1) is 0 Å². The van der Waals surface area contributed by atoms with E-state index >= 15 is 0 Å². The summed E-state index contributed by atoms with van der Waals surface area (Å²) in [6.07, 6.45) is 0. The number of benzene rings is 9. The second-order valence-corrected chi connectivity index (χ2v) is 13.3. The van der Waals surface area contributed by atoms with E-state index in [1.807, 2.05) is 54.6 Å². The lowest BCUT2D eigenvalue weighted by Gasteiger charge is -2.15. The minimum Gasteiger partial charge on any atom is -0.309 e. The smallest absolute Gasteiger partial charge is 0.0782 e. The predicted molar refractivity (Wildman–Crippen MR) is 240 cm³/mol. The lowest BCUT2D eigenvalue weighted by atomic mass is 10.0. The molecule has 0 N–H and O–H groups in total. The molecule has 0 radical (unpaired) electrons. The standard InChI is InChI=1S/C54H35N3/c1-2-14-36(15-3-1)37-28-30-38(31-29-37)39-32-34-40(35-33-39)55-46-21-8-6-18-43(46)44-20-12-27-52(54(44)55)57-49-24-11-7-19-45(49)53-50(25-13-26-51(53)57)56-47-22-9-4-16-41(47)42-17-5-10-23-48(42)56/h1-35H/i4D,5D,6D,7D,8D,9D,10D,11D,12D,13D,16D,17D,18D,19D,20D,21D,22D,23D,24D,25D,26D,27D. The maximum atomic E-state index is 9.86. The van der Waals surface area contributed by atoms with Gasteiger partial charge in [-0.05, 0) is 76.7 Å². The molecule has 3 heteroatoms. The molecular weight excluding hydrogens is 691 g/mol. The van der Waals surface area contributed by atoms with Gasteiger partial charge in [-0.2, -0.15) is 0 Å². The van der Waals surface area contributed by atoms with Crippen molar-refractivity contribution in [2.45, 2.75) is 0 Å². The van der Waals surface area contributed by atoms with Crippen LogP contribution in [0.5, 0.6) is 0 Å². The zero-order valence-electron chi connectivity index (χ0n) is 51.3. The Kier molecular flexibility index (Phi) is 3.72. The summed E-state index contributed by atoms with van der Waals surface area (Å²) in [6.45, 7) is 0. The van der Waals surface area contributed by atoms with Gasteiger partial charge in [0.25, 0.3) is 0 Å². The molecule has 0 aliphatic heterocycles. The van der Waals surface area contributed by atoms with Crippen molar-refractivity contribution in [3.63, 3.8) is 0 Å². The quantitative estimate of drug-likeness (QED) is 0.167. The average Bonchev–Trinajstić information content (AvgIpc) is 4.07. The van der Waals surface area contributed by atoms with Crippen molar-refractivity contribution >= 4 is 65.4 Å². The molecule has 0 bridgehead atoms. The zero-order chi connectivity index (χ0) is 56.6. The van der Waals surface area contributed by atoms with Gasteiger partial charge < -0.3 is 13.7 Å². The number of hydrogen-bond donors (Lipinski definition) is 0. The first-order chi connectivity index (χ1) is 37.5. The van der Waals surface area contributed by atoms with Gasteiger partial charge in [0.15, 0.2) is 0 Å². The first kappa shape index (κ1) is 17.0. The summed E-state index contributed by atoms with van der Waals surface area (Å²) in [4.78, 5) is 0. The Labute approximate surface area is 360 Å². The Balaban J connectivity index is 1.30. The van der Waals surface area contributed by atoms with E-state index in [0.29, 0.717) is 5.56 Å². The minimum absolute atomic E-state index is 0.185. The molecule has 0 aliphatic rings. The van der Waals surface area contributed by atoms with E-state index < -0.39 is 188 Å². The Bertz CT molecular complexity index is 4700. The average molecular weight is 748 g/mol. The number of nitrogens with zero attached hydrogens (tertiary/aromatic N) is 3. The van der Waals surface area contributed by atoms with Gasteiger partial charge >= 0.3 is 0 Å². The van der Waals surface area contributed by atoms with Crippen LogP contribution in [0.3, 0.4) is 0 Å². The second kappa shape index (κ2) is 12.5. The number of rotatable bonds is 5. The van der Waals surface area contributed by atoms with Gasteiger partial charge in [-0.15, -0.1) is 0 Å². The number of aromatic nitrogens is 3. The van der Waals surface area contributed by atoms with Crippen LogP contribution in [0.4, 0.5) is 0 Å². The van der Waals surface area contributed by atoms with E-state index in [4.69, 9.17) is 13.7 Å². The van der Waals surface area contributed by atoms with Crippen LogP contribution in [0.25, 0.3) is 105 Å². The third-order valence-electron chi connectivity index (χ3n) is 10.3. The highest BCUT2D eigenvalue weighted by Crippen LogP contribution is 2.43. The van der Waals surface area contributed by atoms with Crippen LogP contribution in [0.2, 0.25) is 0 Å². The van der Waals surface area contributed by atoms with Crippen LogP contribution in [0.15, 0.2) is 212 Å². The SMILES string of the molecule is [2H]c1c([2H])c([2H])c2c(c1[2H])c1c([2H])c([2H])c([2H])c(-n3c4c([2H])c([2H])c([2H])c([2H])c4c4c(-n5c6c([2H])c([2H])c([2H])c([2H])c6c6c([2H])c([2H])c([2H])c([2H])c65)c([2H])c([2H])c([2H])c43)c1n2-c1ccc(-c2ccc(-c3ccccc3)cc2)cc1. The van der Waals surface area contributed by atoms with Crippen molar-refractivity contribution in [3.05, 3.63) is 212 Å². The molecule has 0 aliphatic carbocycles. The lowest BCUT2D eigenvalue weighted by molar-refractivity contribution is 1.13. The van der Waals surface area contributed by atoms with Gasteiger partial charge in [-0.1, -0.05) is 157 Å². The fraction of sp³-hybridized carbons (Fsp3) is 0. The summed E-state index contributed by atoms with van der Waals surface area (Å²) in [5.74, 6) is 0. The first-order valence-corrected chi connectivity index (χ1v) is 17.8. The third kappa shape index (κ3) is 4.73. The maximum absolute atomic E-state index is 9.86. The van der Waals surface area contributed by atoms with E-state index in [1.165, 1.54) is 4.57 Å². The second-order valence-electron chi connectivity index (χ2n) is 13.3. The Morgan fingerprint density at radius 3 is 1.32 bits per heavy atom. The predicted octanol–water partition coefficient (Wildman–Crippen LogP) is 14.3. The van der Waals surface area contributed by atoms with Crippen molar-refractivity contribution in [3.8, 4) is 39.3 Å². The summed E-state index contributed by atoms with van der Waals surface area (Å²) in [5.41, 5.74) is -0.127. The minimum atomic E-state index is -0.933. The van der Waals surface area contributed by atoms with E-state index in [-0.39, 0.29) is 27.5 Å². The zero-order valence-corrected chi connectivity index (χ0v) is 29.3. The van der Waals surface area contributed by atoms with Gasteiger partial charge in [0, 0.05) is 38.0 Å². The molecule has 3 aromatic heterocycles. The largest absolute Gasteiger partial charge is 0.309 e. The van der Waals surface area contributed by atoms with E-state index in [0.717, 1.165) is 25.8 Å². The molecule has 0 spiro atoms. The fourth-order valence-corrected chi connectivity index (χ4v) is 7.86. The molecule has 57 heavy (non-hydrogen) atoms. The molecule has 9 aromatic carbocycles. The Morgan fingerprint density at radius 1 is 0.298 bits per heavy atom. The molecule has 0 saturated heterocycles. The van der Waals surface area contributed by atoms with Gasteiger partial charge in [-0.3, -0.25) is 0 Å². The first-order valence-electron chi connectivity index (χ1n) is 28.8. The van der Waals surface area contributed by atoms with Crippen LogP contribution >= 0.6 is 0 Å². The highest BCUT2D eigenvalue weighted by Gasteiger charge is 2.22. The van der Waals surface area contributed by atoms with Crippen molar-refractivity contribution in [1.29, 1.82) is 0 Å². The third-order valence-corrected chi connectivity index (χ3v) is 10.3. The van der Waals surface area contributed by atoms with Crippen molar-refractivity contribution < 1.29 is 30.2 Å². The van der Waals surface area contributed by atoms with Crippen LogP contribution in [0.1, 0.15) is 30.2 Å². The molecule has 266 valence electrons. The Morgan fingerprint density at radius 2 is 0.702 bits per heavy atom. The van der Waals surface area contributed by atoms with E-state index in [9.17, 15) is 16.4 Å². The molecule has 0 saturated carbocycles. The van der Waals surface area contributed by atoms with Gasteiger partial charge in [0.2, 0.25) is 0 Å². The maximum Gasteiger partial charge on any atom is 0.0782 e. The van der Waals surface area contributed by atoms with Crippen molar-refractivity contribution in [2.75, 3.05) is 0 Å². The van der Waals surface area contributed by atoms with Crippen molar-refractivity contribution in [1.82, 2.24) is 13.7 Å². The van der Waals surface area contributed by atoms with Crippen molar-refractivity contribution in [2.24, 2.45) is 0 Å². The monoisotopic (exact) mass is 747 g/mol. The number of hydrogen-bond acceptors (Lipinski definition) is 0. The molecule has 12 aromatic rings. The van der Waals surface area contributed by atoms with Crippen LogP contribution < -0.4 is 0 Å². The van der Waals surface area contributed by atoms with Gasteiger partial charge in [-0.25, -0.2) is 0 Å². The number of fused-ring (bicyclic) bond motifs is 9. The topological polar surface area (TPSA) is 14.8 Å². The fourth-order valence-electron chi connectivity index (χ4n) is 7.86. The van der Waals surface area contributed by atoms with E-state index in [2.05, 4.69) is 0 Å². The summed E-state index contributed by atoms with van der Waals surface area (Å²) in [7, 11) is 0. The summed E-state index contributed by atoms with van der Waals surface area (Å²) < 4.78 is 206. The normalized spacial score (nSPS) is 17.3. The highest BCUT2D eigenvalue weighted by atomic mass is 15.1. The molecule has 12 rings (SSSR count). The molecule has 0 unspecified atom stereocenters. The van der Waals surface area contributed by atoms with E-state index in [1.54, 1.807) is 24.3 Å². The summed E-state index contributed by atoms with van der Waals surface area (Å²) >= 11 is 0. The number of para-hydroxylation sites is 5. The van der Waals surface area contributed by atoms with Crippen LogP contribution in [-0.4, -0.2) is 13.7 Å². The molecule has 0 atom stereocenters.